The van der Waals surface area contributed by atoms with Crippen LogP contribution in [-0.2, 0) is 0 Å². The van der Waals surface area contributed by atoms with Gasteiger partial charge in [0, 0.05) is 16.8 Å². The van der Waals surface area contributed by atoms with Crippen molar-refractivity contribution in [2.45, 2.75) is 13.8 Å². The summed E-state index contributed by atoms with van der Waals surface area (Å²) in [5, 5.41) is 7.87. The van der Waals surface area contributed by atoms with Gasteiger partial charge in [0.05, 0.1) is 12.8 Å². The Morgan fingerprint density at radius 3 is 2.19 bits per heavy atom. The summed E-state index contributed by atoms with van der Waals surface area (Å²) >= 11 is 0. The minimum absolute atomic E-state index is 0.245. The average Bonchev–Trinajstić information content (AvgIpc) is 2.82. The summed E-state index contributed by atoms with van der Waals surface area (Å²) in [6, 6.07) is 23.9. The maximum absolute atomic E-state index is 12.9. The van der Waals surface area contributed by atoms with E-state index in [4.69, 9.17) is 4.74 Å². The molecule has 0 aromatic heterocycles. The molecule has 0 aliphatic rings. The number of fused-ring (bicyclic) bond motifs is 1. The van der Waals surface area contributed by atoms with Gasteiger partial charge < -0.3 is 15.4 Å². The van der Waals surface area contributed by atoms with E-state index in [2.05, 4.69) is 30.5 Å². The number of nitrogens with one attached hydrogen (secondary N) is 2. The number of rotatable bonds is 5. The molecule has 4 rings (SSSR count). The smallest absolute Gasteiger partial charge is 0.255 e. The van der Waals surface area contributed by atoms with Gasteiger partial charge in [0.15, 0.2) is 0 Å². The topological polar surface area (TPSA) is 67.4 Å². The predicted molar refractivity (Wildman–Crippen MR) is 129 cm³/mol. The van der Waals surface area contributed by atoms with Crippen LogP contribution in [-0.4, -0.2) is 18.9 Å². The van der Waals surface area contributed by atoms with E-state index >= 15 is 0 Å². The molecule has 0 atom stereocenters. The van der Waals surface area contributed by atoms with Crippen molar-refractivity contribution in [1.82, 2.24) is 0 Å². The number of methoxy groups -OCH3 is 1. The quantitative estimate of drug-likeness (QED) is 0.415. The molecule has 4 aromatic carbocycles. The molecule has 0 bridgehead atoms. The van der Waals surface area contributed by atoms with E-state index in [0.29, 0.717) is 28.3 Å². The Bertz CT molecular complexity index is 1310. The predicted octanol–water partition coefficient (Wildman–Crippen LogP) is 5.97. The summed E-state index contributed by atoms with van der Waals surface area (Å²) in [7, 11) is 1.50. The summed E-state index contributed by atoms with van der Waals surface area (Å²) in [4.78, 5) is 25.5. The number of hydrogen-bond acceptors (Lipinski definition) is 3. The van der Waals surface area contributed by atoms with Crippen LogP contribution in [0.4, 0.5) is 11.4 Å². The van der Waals surface area contributed by atoms with Crippen molar-refractivity contribution in [3.8, 4) is 5.75 Å². The van der Waals surface area contributed by atoms with E-state index in [9.17, 15) is 9.59 Å². The third kappa shape index (κ3) is 4.32. The second kappa shape index (κ2) is 8.94. The number of benzene rings is 4. The standard InChI is InChI=1S/C27H24N2O3/c1-17-9-10-19-15-20(11-13-23(19)18(17)2)27(31)29-24-14-12-21(16-25(24)32-3)26(30)28-22-7-5-4-6-8-22/h4-16H,1-3H3,(H,28,30)(H,29,31). The molecule has 0 heterocycles. The average molecular weight is 425 g/mol. The molecule has 32 heavy (non-hydrogen) atoms. The lowest BCUT2D eigenvalue weighted by atomic mass is 9.99. The molecule has 160 valence electrons. The van der Waals surface area contributed by atoms with Crippen molar-refractivity contribution in [1.29, 1.82) is 0 Å². The maximum atomic E-state index is 12.9. The van der Waals surface area contributed by atoms with Crippen LogP contribution in [0.2, 0.25) is 0 Å². The van der Waals surface area contributed by atoms with Crippen LogP contribution in [0.3, 0.4) is 0 Å². The maximum Gasteiger partial charge on any atom is 0.255 e. The summed E-state index contributed by atoms with van der Waals surface area (Å²) < 4.78 is 5.43. The van der Waals surface area contributed by atoms with Gasteiger partial charge in [-0.1, -0.05) is 36.4 Å². The molecule has 0 saturated carbocycles. The highest BCUT2D eigenvalue weighted by Crippen LogP contribution is 2.28. The number of aryl methyl sites for hydroxylation is 2. The van der Waals surface area contributed by atoms with Gasteiger partial charge >= 0.3 is 0 Å². The number of ether oxygens (including phenoxy) is 1. The van der Waals surface area contributed by atoms with Crippen LogP contribution < -0.4 is 15.4 Å². The van der Waals surface area contributed by atoms with E-state index < -0.39 is 0 Å². The highest BCUT2D eigenvalue weighted by molar-refractivity contribution is 6.08. The molecule has 2 amide bonds. The molecular formula is C27H24N2O3. The van der Waals surface area contributed by atoms with E-state index in [1.165, 1.54) is 18.2 Å². The largest absolute Gasteiger partial charge is 0.495 e. The van der Waals surface area contributed by atoms with Gasteiger partial charge in [-0.15, -0.1) is 0 Å². The molecule has 0 radical (unpaired) electrons. The second-order valence-electron chi connectivity index (χ2n) is 7.63. The van der Waals surface area contributed by atoms with Gasteiger partial charge in [0.2, 0.25) is 0 Å². The van der Waals surface area contributed by atoms with Crippen molar-refractivity contribution in [3.05, 3.63) is 101 Å². The van der Waals surface area contributed by atoms with Crippen molar-refractivity contribution < 1.29 is 14.3 Å². The van der Waals surface area contributed by atoms with Gasteiger partial charge in [0.1, 0.15) is 5.75 Å². The summed E-state index contributed by atoms with van der Waals surface area (Å²) in [5.41, 5.74) is 4.61. The van der Waals surface area contributed by atoms with Crippen molar-refractivity contribution in [2.75, 3.05) is 17.7 Å². The fraction of sp³-hybridized carbons (Fsp3) is 0.111. The Labute approximate surface area is 187 Å². The second-order valence-corrected chi connectivity index (χ2v) is 7.63. The molecule has 5 nitrogen and oxygen atoms in total. The molecule has 0 aliphatic heterocycles. The Morgan fingerprint density at radius 2 is 1.44 bits per heavy atom. The lowest BCUT2D eigenvalue weighted by molar-refractivity contribution is 0.102. The van der Waals surface area contributed by atoms with Crippen molar-refractivity contribution in [2.24, 2.45) is 0 Å². The van der Waals surface area contributed by atoms with Gasteiger partial charge in [-0.25, -0.2) is 0 Å². The Morgan fingerprint density at radius 1 is 0.750 bits per heavy atom. The monoisotopic (exact) mass is 424 g/mol. The van der Waals surface area contributed by atoms with Crippen LogP contribution >= 0.6 is 0 Å². The molecule has 5 heteroatoms. The van der Waals surface area contributed by atoms with Crippen LogP contribution in [0.25, 0.3) is 10.8 Å². The highest BCUT2D eigenvalue weighted by Gasteiger charge is 2.14. The molecule has 2 N–H and O–H groups in total. The number of amides is 2. The first-order valence-corrected chi connectivity index (χ1v) is 10.3. The normalized spacial score (nSPS) is 10.6. The molecule has 0 fully saturated rings. The molecule has 0 unspecified atom stereocenters. The molecule has 0 aliphatic carbocycles. The fourth-order valence-electron chi connectivity index (χ4n) is 3.59. The zero-order valence-corrected chi connectivity index (χ0v) is 18.2. The minimum atomic E-state index is -0.257. The van der Waals surface area contributed by atoms with Crippen LogP contribution in [0, 0.1) is 13.8 Å². The summed E-state index contributed by atoms with van der Waals surface area (Å²) in [5.74, 6) is -0.0937. The van der Waals surface area contributed by atoms with Crippen LogP contribution in [0.5, 0.6) is 5.75 Å². The first-order valence-electron chi connectivity index (χ1n) is 10.3. The Hall–Kier alpha value is -4.12. The van der Waals surface area contributed by atoms with Gasteiger partial charge in [-0.2, -0.15) is 0 Å². The Kier molecular flexibility index (Phi) is 5.90. The van der Waals surface area contributed by atoms with Crippen LogP contribution in [0.15, 0.2) is 78.9 Å². The lowest BCUT2D eigenvalue weighted by Gasteiger charge is -2.13. The van der Waals surface area contributed by atoms with E-state index in [0.717, 1.165) is 10.8 Å². The lowest BCUT2D eigenvalue weighted by Crippen LogP contribution is -2.14. The number of hydrogen-bond donors (Lipinski definition) is 2. The highest BCUT2D eigenvalue weighted by atomic mass is 16.5. The zero-order chi connectivity index (χ0) is 22.7. The van der Waals surface area contributed by atoms with Gasteiger partial charge in [0.25, 0.3) is 11.8 Å². The third-order valence-corrected chi connectivity index (χ3v) is 5.57. The number of para-hydroxylation sites is 1. The Balaban J connectivity index is 1.55. The minimum Gasteiger partial charge on any atom is -0.495 e. The first kappa shape index (κ1) is 21.1. The van der Waals surface area contributed by atoms with Crippen molar-refractivity contribution in [3.63, 3.8) is 0 Å². The van der Waals surface area contributed by atoms with Crippen LogP contribution in [0.1, 0.15) is 31.8 Å². The number of carbonyl (C=O) groups is 2. The molecule has 4 aromatic rings. The number of carbonyl (C=O) groups excluding carboxylic acids is 2. The van der Waals surface area contributed by atoms with Gasteiger partial charge in [-0.05, 0) is 78.2 Å². The summed E-state index contributed by atoms with van der Waals surface area (Å²) in [6.45, 7) is 4.16. The summed E-state index contributed by atoms with van der Waals surface area (Å²) in [6.07, 6.45) is 0. The molecule has 0 saturated heterocycles. The van der Waals surface area contributed by atoms with E-state index in [-0.39, 0.29) is 11.8 Å². The third-order valence-electron chi connectivity index (χ3n) is 5.57. The first-order chi connectivity index (χ1) is 15.5. The number of anilines is 2. The van der Waals surface area contributed by atoms with E-state index in [1.54, 1.807) is 18.2 Å². The molecule has 0 spiro atoms. The van der Waals surface area contributed by atoms with Crippen molar-refractivity contribution >= 4 is 34.0 Å². The van der Waals surface area contributed by atoms with Gasteiger partial charge in [-0.3, -0.25) is 9.59 Å². The zero-order valence-electron chi connectivity index (χ0n) is 18.2. The molecular weight excluding hydrogens is 400 g/mol. The fourth-order valence-corrected chi connectivity index (χ4v) is 3.59. The SMILES string of the molecule is COc1cc(C(=O)Nc2ccccc2)ccc1NC(=O)c1ccc2c(C)c(C)ccc2c1. The van der Waals surface area contributed by atoms with E-state index in [1.807, 2.05) is 54.6 Å².